The van der Waals surface area contributed by atoms with Gasteiger partial charge in [-0.15, -0.1) is 0 Å². The van der Waals surface area contributed by atoms with E-state index in [-0.39, 0.29) is 16.8 Å². The molecule has 0 aliphatic carbocycles. The fourth-order valence-corrected chi connectivity index (χ4v) is 3.42. The van der Waals surface area contributed by atoms with E-state index < -0.39 is 10.7 Å². The first-order valence-electron chi connectivity index (χ1n) is 8.39. The van der Waals surface area contributed by atoms with Gasteiger partial charge in [0, 0.05) is 12.2 Å². The number of hydrogen-bond donors (Lipinski definition) is 2. The summed E-state index contributed by atoms with van der Waals surface area (Å²) in [6.07, 6.45) is 1.64. The largest absolute Gasteiger partial charge is 0.311 e. The topological polar surface area (TPSA) is 66.5 Å². The molecule has 1 fully saturated rings. The molecule has 0 radical (unpaired) electrons. The zero-order valence-electron chi connectivity index (χ0n) is 14.1. The van der Waals surface area contributed by atoms with Crippen molar-refractivity contribution in [2.24, 2.45) is 0 Å². The van der Waals surface area contributed by atoms with Crippen LogP contribution in [0, 0.1) is 6.92 Å². The van der Waals surface area contributed by atoms with Gasteiger partial charge in [-0.2, -0.15) is 0 Å². The summed E-state index contributed by atoms with van der Waals surface area (Å²) in [6.45, 7) is 3.46. The van der Waals surface area contributed by atoms with Crippen LogP contribution in [0.15, 0.2) is 53.4 Å². The summed E-state index contributed by atoms with van der Waals surface area (Å²) in [4.78, 5) is 14.5. The van der Waals surface area contributed by atoms with Crippen LogP contribution in [-0.4, -0.2) is 33.5 Å². The number of anilines is 1. The lowest BCUT2D eigenvalue weighted by atomic mass is 10.1. The third-order valence-electron chi connectivity index (χ3n) is 4.50. The van der Waals surface area contributed by atoms with E-state index in [4.69, 9.17) is 0 Å². The summed E-state index contributed by atoms with van der Waals surface area (Å²) in [7, 11) is -2.59. The number of hydrogen-bond acceptors (Lipinski definition) is 4. The highest BCUT2D eigenvalue weighted by Crippen LogP contribution is 2.22. The molecule has 0 aromatic heterocycles. The minimum Gasteiger partial charge on any atom is -0.311 e. The molecule has 0 saturated carbocycles. The Labute approximate surface area is 149 Å². The quantitative estimate of drug-likeness (QED) is 0.774. The molecular formula is C19H22N2O3S. The van der Waals surface area contributed by atoms with Crippen molar-refractivity contribution in [3.63, 3.8) is 0 Å². The molecule has 2 aromatic carbocycles. The fourth-order valence-electron chi connectivity index (χ4n) is 3.03. The number of nitrogens with zero attached hydrogens (tertiary/aromatic N) is 1. The van der Waals surface area contributed by atoms with Gasteiger partial charge in [-0.25, -0.2) is 8.42 Å². The molecule has 132 valence electrons. The lowest BCUT2D eigenvalue weighted by Gasteiger charge is -2.17. The van der Waals surface area contributed by atoms with Crippen LogP contribution in [0.25, 0.3) is 0 Å². The van der Waals surface area contributed by atoms with Crippen LogP contribution in [0.1, 0.15) is 17.5 Å². The number of benzene rings is 2. The first kappa shape index (κ1) is 17.6. The van der Waals surface area contributed by atoms with Gasteiger partial charge in [0.2, 0.25) is 5.91 Å². The van der Waals surface area contributed by atoms with Gasteiger partial charge in [0.25, 0.3) is 0 Å². The third kappa shape index (κ3) is 4.27. The highest BCUT2D eigenvalue weighted by Gasteiger charge is 2.31. The van der Waals surface area contributed by atoms with Crippen molar-refractivity contribution in [1.82, 2.24) is 5.32 Å². The number of nitrogens with one attached hydrogen (secondary N) is 1. The Bertz CT molecular complexity index is 806. The van der Waals surface area contributed by atoms with Crippen molar-refractivity contribution in [1.29, 1.82) is 0 Å². The molecule has 1 aliphatic heterocycles. The summed E-state index contributed by atoms with van der Waals surface area (Å²) in [5.74, 6) is 0.0446. The second kappa shape index (κ2) is 7.80. The van der Waals surface area contributed by atoms with E-state index in [1.54, 1.807) is 17.0 Å². The zero-order chi connectivity index (χ0) is 17.8. The number of carbonyl (C=O) groups is 1. The molecule has 1 atom stereocenters. The predicted octanol–water partition coefficient (Wildman–Crippen LogP) is 1.90. The van der Waals surface area contributed by atoms with Crippen molar-refractivity contribution >= 4 is 22.3 Å². The predicted molar refractivity (Wildman–Crippen MR) is 98.7 cm³/mol. The van der Waals surface area contributed by atoms with Crippen molar-refractivity contribution in [3.05, 3.63) is 59.7 Å². The third-order valence-corrected chi connectivity index (χ3v) is 5.22. The van der Waals surface area contributed by atoms with E-state index in [9.17, 15) is 13.2 Å². The maximum Gasteiger partial charge on any atom is 0.244 e. The molecule has 1 N–H and O–H groups in total. The molecule has 5 nitrogen and oxygen atoms in total. The van der Waals surface area contributed by atoms with Gasteiger partial charge in [-0.3, -0.25) is 4.79 Å². The molecule has 1 heterocycles. The van der Waals surface area contributed by atoms with Crippen molar-refractivity contribution in [3.8, 4) is 0 Å². The normalized spacial score (nSPS) is 17.4. The Hall–Kier alpha value is -2.18. The van der Waals surface area contributed by atoms with Crippen LogP contribution in [0.4, 0.5) is 5.69 Å². The Morgan fingerprint density at radius 2 is 1.76 bits per heavy atom. The van der Waals surface area contributed by atoms with Gasteiger partial charge in [-0.1, -0.05) is 29.8 Å². The molecular weight excluding hydrogens is 336 g/mol. The van der Waals surface area contributed by atoms with Gasteiger partial charge in [0.15, 0.2) is 10.7 Å². The van der Waals surface area contributed by atoms with Crippen molar-refractivity contribution in [2.75, 3.05) is 18.0 Å². The van der Waals surface area contributed by atoms with E-state index in [2.05, 4.69) is 36.5 Å². The zero-order valence-corrected chi connectivity index (χ0v) is 15.0. The molecule has 0 bridgehead atoms. The number of thiol groups is 1. The summed E-state index contributed by atoms with van der Waals surface area (Å²) in [6, 6.07) is 14.7. The van der Waals surface area contributed by atoms with Crippen LogP contribution in [0.5, 0.6) is 0 Å². The van der Waals surface area contributed by atoms with Crippen LogP contribution >= 0.6 is 0 Å². The highest BCUT2D eigenvalue weighted by atomic mass is 32.2. The molecule has 25 heavy (non-hydrogen) atoms. The van der Waals surface area contributed by atoms with E-state index >= 15 is 0 Å². The lowest BCUT2D eigenvalue weighted by molar-refractivity contribution is -0.118. The maximum atomic E-state index is 12.6. The molecule has 1 amide bonds. The second-order valence-corrected chi connectivity index (χ2v) is 7.32. The van der Waals surface area contributed by atoms with Crippen LogP contribution in [0.3, 0.4) is 0 Å². The summed E-state index contributed by atoms with van der Waals surface area (Å²) < 4.78 is 21.9. The van der Waals surface area contributed by atoms with Crippen LogP contribution < -0.4 is 10.2 Å². The number of aryl methyl sites for hydroxylation is 1. The first-order chi connectivity index (χ1) is 12.0. The number of carbonyl (C=O) groups excluding carboxylic acids is 1. The van der Waals surface area contributed by atoms with Gasteiger partial charge >= 0.3 is 0 Å². The van der Waals surface area contributed by atoms with Crippen molar-refractivity contribution in [2.45, 2.75) is 30.7 Å². The van der Waals surface area contributed by atoms with Crippen LogP contribution in [0.2, 0.25) is 0 Å². The molecule has 1 aliphatic rings. The lowest BCUT2D eigenvalue weighted by Crippen LogP contribution is -2.39. The first-order valence-corrected chi connectivity index (χ1v) is 9.57. The minimum atomic E-state index is -2.59. The standard InChI is InChI=1S/C19H22N2O3S/c1-14-2-4-15(5-3-14)10-12-20-18-11-13-21(19(18)22)16-6-8-17(9-7-16)25(23)24/h2-9,18,20,25H,10-13H2,1H3. The van der Waals surface area contributed by atoms with E-state index in [0.29, 0.717) is 6.54 Å². The van der Waals surface area contributed by atoms with Crippen LogP contribution in [-0.2, 0) is 21.9 Å². The Kier molecular flexibility index (Phi) is 5.50. The molecule has 1 saturated heterocycles. The van der Waals surface area contributed by atoms with Gasteiger partial charge in [0.1, 0.15) is 0 Å². The summed E-state index contributed by atoms with van der Waals surface area (Å²) in [5.41, 5.74) is 3.24. The average Bonchev–Trinajstić information content (AvgIpc) is 2.97. The molecule has 3 rings (SSSR count). The smallest absolute Gasteiger partial charge is 0.244 e. The van der Waals surface area contributed by atoms with E-state index in [1.807, 2.05) is 0 Å². The Morgan fingerprint density at radius 3 is 2.40 bits per heavy atom. The van der Waals surface area contributed by atoms with Crippen molar-refractivity contribution < 1.29 is 13.2 Å². The maximum absolute atomic E-state index is 12.6. The second-order valence-electron chi connectivity index (χ2n) is 6.29. The molecule has 6 heteroatoms. The Balaban J connectivity index is 1.55. The number of rotatable bonds is 6. The average molecular weight is 358 g/mol. The van der Waals surface area contributed by atoms with Gasteiger partial charge in [0.05, 0.1) is 10.9 Å². The molecule has 1 unspecified atom stereocenters. The van der Waals surface area contributed by atoms with E-state index in [0.717, 1.165) is 25.1 Å². The fraction of sp³-hybridized carbons (Fsp3) is 0.316. The minimum absolute atomic E-state index is 0.0446. The highest BCUT2D eigenvalue weighted by molar-refractivity contribution is 7.72. The van der Waals surface area contributed by atoms with E-state index in [1.165, 1.54) is 23.3 Å². The summed E-state index contributed by atoms with van der Waals surface area (Å²) in [5, 5.41) is 3.34. The Morgan fingerprint density at radius 1 is 1.08 bits per heavy atom. The molecule has 2 aromatic rings. The van der Waals surface area contributed by atoms with Gasteiger partial charge in [-0.05, 0) is 56.1 Å². The molecule has 0 spiro atoms. The number of amides is 1. The monoisotopic (exact) mass is 358 g/mol. The SMILES string of the molecule is Cc1ccc(CCNC2CCN(c3ccc([SH](=O)=O)cc3)C2=O)cc1. The summed E-state index contributed by atoms with van der Waals surface area (Å²) >= 11 is 0. The van der Waals surface area contributed by atoms with Gasteiger partial charge < -0.3 is 10.2 Å².